The van der Waals surface area contributed by atoms with Gasteiger partial charge >= 0.3 is 0 Å². The van der Waals surface area contributed by atoms with Gasteiger partial charge in [0, 0.05) is 0 Å². The van der Waals surface area contributed by atoms with E-state index in [2.05, 4.69) is 24.3 Å². The highest BCUT2D eigenvalue weighted by molar-refractivity contribution is 5.92. The molecule has 0 saturated heterocycles. The third-order valence-corrected chi connectivity index (χ3v) is 6.10. The maximum atomic E-state index is 13.2. The van der Waals surface area contributed by atoms with Crippen molar-refractivity contribution in [2.75, 3.05) is 13.2 Å². The van der Waals surface area contributed by atoms with Crippen molar-refractivity contribution in [3.63, 3.8) is 0 Å². The van der Waals surface area contributed by atoms with E-state index in [0.717, 1.165) is 49.7 Å². The molecular weight excluding hydrogens is 324 g/mol. The molecule has 2 aromatic carbocycles. The molecule has 2 unspecified atom stereocenters. The summed E-state index contributed by atoms with van der Waals surface area (Å²) in [6.45, 7) is -0.446. The number of benzene rings is 2. The van der Waals surface area contributed by atoms with Crippen molar-refractivity contribution >= 4 is 5.78 Å². The van der Waals surface area contributed by atoms with E-state index in [0.29, 0.717) is 0 Å². The van der Waals surface area contributed by atoms with E-state index in [9.17, 15) is 15.0 Å². The minimum absolute atomic E-state index is 0.0918. The zero-order valence-electron chi connectivity index (χ0n) is 15.1. The Hall–Kier alpha value is -1.97. The molecule has 2 aliphatic carbocycles. The van der Waals surface area contributed by atoms with Gasteiger partial charge in [-0.25, -0.2) is 0 Å². The van der Waals surface area contributed by atoms with Crippen LogP contribution in [0.15, 0.2) is 36.4 Å². The van der Waals surface area contributed by atoms with Crippen LogP contribution in [-0.2, 0) is 30.5 Å². The second-order valence-electron chi connectivity index (χ2n) is 7.64. The second kappa shape index (κ2) is 7.34. The third-order valence-electron chi connectivity index (χ3n) is 6.10. The lowest BCUT2D eigenvalue weighted by molar-refractivity contribution is -0.123. The number of hydrogen-bond donors (Lipinski definition) is 2. The first-order valence-electron chi connectivity index (χ1n) is 9.70. The molecule has 0 heterocycles. The first-order chi connectivity index (χ1) is 12.7. The Kier molecular flexibility index (Phi) is 4.92. The minimum atomic E-state index is -0.577. The zero-order chi connectivity index (χ0) is 18.1. The number of Topliss-reactive ketones (excluding diaryl/α,β-unsaturated/α-hetero) is 1. The number of aryl methyl sites for hydroxylation is 4. The van der Waals surface area contributed by atoms with Crippen LogP contribution in [0.1, 0.15) is 58.1 Å². The largest absolute Gasteiger partial charge is 0.395 e. The molecule has 0 aromatic heterocycles. The van der Waals surface area contributed by atoms with E-state index < -0.39 is 11.8 Å². The van der Waals surface area contributed by atoms with E-state index in [1.165, 1.54) is 22.3 Å². The summed E-state index contributed by atoms with van der Waals surface area (Å²) in [6.07, 6.45) is 6.60. The van der Waals surface area contributed by atoms with Crippen LogP contribution in [0.5, 0.6) is 0 Å². The van der Waals surface area contributed by atoms with Gasteiger partial charge in [0.25, 0.3) is 0 Å². The lowest BCUT2D eigenvalue weighted by Crippen LogP contribution is -2.26. The summed E-state index contributed by atoms with van der Waals surface area (Å²) in [5.41, 5.74) is 7.06. The molecule has 0 fully saturated rings. The Morgan fingerprint density at radius 1 is 0.731 bits per heavy atom. The molecule has 0 bridgehead atoms. The van der Waals surface area contributed by atoms with Crippen LogP contribution in [0.4, 0.5) is 0 Å². The van der Waals surface area contributed by atoms with Gasteiger partial charge in [0.2, 0.25) is 0 Å². The van der Waals surface area contributed by atoms with Crippen LogP contribution in [-0.4, -0.2) is 29.2 Å². The van der Waals surface area contributed by atoms with Gasteiger partial charge in [-0.1, -0.05) is 36.4 Å². The van der Waals surface area contributed by atoms with Crippen molar-refractivity contribution in [2.24, 2.45) is 0 Å². The summed E-state index contributed by atoms with van der Waals surface area (Å²) in [6, 6.07) is 12.3. The predicted molar refractivity (Wildman–Crippen MR) is 102 cm³/mol. The number of ketones is 1. The summed E-state index contributed by atoms with van der Waals surface area (Å²) in [7, 11) is 0. The van der Waals surface area contributed by atoms with Gasteiger partial charge in [-0.2, -0.15) is 0 Å². The number of carbonyl (C=O) groups is 1. The van der Waals surface area contributed by atoms with Crippen molar-refractivity contribution in [3.05, 3.63) is 69.8 Å². The fourth-order valence-electron chi connectivity index (χ4n) is 4.58. The molecule has 2 N–H and O–H groups in total. The SMILES string of the molecule is O=C(C(CO)c1ccc2c(c1)CCC2)C(CO)c1ccc2c(c1)CCC2. The highest BCUT2D eigenvalue weighted by Gasteiger charge is 2.30. The average molecular weight is 350 g/mol. The Bertz CT molecular complexity index is 757. The molecule has 136 valence electrons. The smallest absolute Gasteiger partial charge is 0.152 e. The van der Waals surface area contributed by atoms with E-state index >= 15 is 0 Å². The summed E-state index contributed by atoms with van der Waals surface area (Å²) >= 11 is 0. The van der Waals surface area contributed by atoms with Gasteiger partial charge in [0.05, 0.1) is 25.0 Å². The number of hydrogen-bond acceptors (Lipinski definition) is 3. The lowest BCUT2D eigenvalue weighted by Gasteiger charge is -2.21. The summed E-state index contributed by atoms with van der Waals surface area (Å²) in [5, 5.41) is 19.9. The molecule has 2 aliphatic rings. The van der Waals surface area contributed by atoms with Crippen molar-refractivity contribution in [3.8, 4) is 0 Å². The average Bonchev–Trinajstić information content (AvgIpc) is 3.31. The molecule has 3 heteroatoms. The molecule has 2 aromatic rings. The molecule has 0 spiro atoms. The molecule has 0 aliphatic heterocycles. The van der Waals surface area contributed by atoms with Crippen molar-refractivity contribution in [1.82, 2.24) is 0 Å². The number of aliphatic hydroxyl groups excluding tert-OH is 2. The maximum Gasteiger partial charge on any atom is 0.152 e. The fourth-order valence-corrected chi connectivity index (χ4v) is 4.58. The van der Waals surface area contributed by atoms with E-state index in [-0.39, 0.29) is 19.0 Å². The second-order valence-corrected chi connectivity index (χ2v) is 7.64. The standard InChI is InChI=1S/C23H26O3/c24-13-21(19-9-7-15-3-1-5-17(15)11-19)23(26)22(14-25)20-10-8-16-4-2-6-18(16)12-20/h7-12,21-22,24-25H,1-6,13-14H2. The van der Waals surface area contributed by atoms with Crippen LogP contribution in [0.2, 0.25) is 0 Å². The highest BCUT2D eigenvalue weighted by Crippen LogP contribution is 2.32. The normalized spacial score (nSPS) is 17.6. The molecule has 26 heavy (non-hydrogen) atoms. The molecule has 0 amide bonds. The molecular formula is C23H26O3. The number of fused-ring (bicyclic) bond motifs is 2. The predicted octanol–water partition coefficient (Wildman–Crippen LogP) is 3.09. The minimum Gasteiger partial charge on any atom is -0.395 e. The quantitative estimate of drug-likeness (QED) is 0.842. The van der Waals surface area contributed by atoms with Gasteiger partial charge < -0.3 is 10.2 Å². The summed E-state index contributed by atoms with van der Waals surface area (Å²) in [4.78, 5) is 13.2. The first kappa shape index (κ1) is 17.4. The number of aliphatic hydroxyl groups is 2. The topological polar surface area (TPSA) is 57.5 Å². The van der Waals surface area contributed by atoms with E-state index in [1.54, 1.807) is 0 Å². The van der Waals surface area contributed by atoms with Gasteiger partial charge in [-0.05, 0) is 71.9 Å². The molecule has 0 saturated carbocycles. The van der Waals surface area contributed by atoms with E-state index in [4.69, 9.17) is 0 Å². The summed E-state index contributed by atoms with van der Waals surface area (Å²) < 4.78 is 0. The molecule has 0 radical (unpaired) electrons. The fraction of sp³-hybridized carbons (Fsp3) is 0.435. The molecule has 2 atom stereocenters. The zero-order valence-corrected chi connectivity index (χ0v) is 15.1. The number of rotatable bonds is 6. The van der Waals surface area contributed by atoms with Crippen LogP contribution < -0.4 is 0 Å². The Labute approximate surface area is 154 Å². The van der Waals surface area contributed by atoms with Crippen LogP contribution >= 0.6 is 0 Å². The third kappa shape index (κ3) is 3.10. The first-order valence-corrected chi connectivity index (χ1v) is 9.70. The monoisotopic (exact) mass is 350 g/mol. The van der Waals surface area contributed by atoms with Crippen LogP contribution in [0, 0.1) is 0 Å². The molecule has 4 rings (SSSR count). The van der Waals surface area contributed by atoms with Crippen molar-refractivity contribution in [2.45, 2.75) is 50.4 Å². The maximum absolute atomic E-state index is 13.2. The number of carbonyl (C=O) groups excluding carboxylic acids is 1. The Morgan fingerprint density at radius 3 is 1.58 bits per heavy atom. The van der Waals surface area contributed by atoms with E-state index in [1.807, 2.05) is 12.1 Å². The summed E-state index contributed by atoms with van der Waals surface area (Å²) in [5.74, 6) is -1.25. The Morgan fingerprint density at radius 2 is 1.15 bits per heavy atom. The Balaban J connectivity index is 1.62. The van der Waals surface area contributed by atoms with Gasteiger partial charge in [-0.3, -0.25) is 4.79 Å². The van der Waals surface area contributed by atoms with Crippen molar-refractivity contribution < 1.29 is 15.0 Å². The van der Waals surface area contributed by atoms with Crippen LogP contribution in [0.3, 0.4) is 0 Å². The van der Waals surface area contributed by atoms with Gasteiger partial charge in [0.15, 0.2) is 5.78 Å². The van der Waals surface area contributed by atoms with Crippen molar-refractivity contribution in [1.29, 1.82) is 0 Å². The molecule has 3 nitrogen and oxygen atoms in total. The van der Waals surface area contributed by atoms with Gasteiger partial charge in [-0.15, -0.1) is 0 Å². The van der Waals surface area contributed by atoms with Gasteiger partial charge in [0.1, 0.15) is 0 Å². The lowest BCUT2D eigenvalue weighted by atomic mass is 9.83. The highest BCUT2D eigenvalue weighted by atomic mass is 16.3. The van der Waals surface area contributed by atoms with Crippen LogP contribution in [0.25, 0.3) is 0 Å².